The Bertz CT molecular complexity index is 864. The van der Waals surface area contributed by atoms with Gasteiger partial charge in [0.1, 0.15) is 15.7 Å². The minimum absolute atomic E-state index is 0.159. The Morgan fingerprint density at radius 1 is 1.32 bits per heavy atom. The van der Waals surface area contributed by atoms with Gasteiger partial charge in [-0.1, -0.05) is 11.8 Å². The van der Waals surface area contributed by atoms with E-state index in [9.17, 15) is 9.59 Å². The number of nitrogens with zero attached hydrogens (tertiary/aromatic N) is 3. The number of hydrogen-bond acceptors (Lipinski definition) is 6. The number of carbonyl (C=O) groups excluding carboxylic acids is 2. The quantitative estimate of drug-likeness (QED) is 0.658. The molecule has 4 rings (SSSR count). The summed E-state index contributed by atoms with van der Waals surface area (Å²) >= 11 is 3.21. The molecule has 6 nitrogen and oxygen atoms in total. The van der Waals surface area contributed by atoms with Crippen LogP contribution in [0.3, 0.4) is 0 Å². The van der Waals surface area contributed by atoms with E-state index in [1.165, 1.54) is 39.9 Å². The summed E-state index contributed by atoms with van der Waals surface area (Å²) in [7, 11) is 0. The van der Waals surface area contributed by atoms with Gasteiger partial charge in [-0.05, 0) is 45.1 Å². The predicted octanol–water partition coefficient (Wildman–Crippen LogP) is 2.91. The summed E-state index contributed by atoms with van der Waals surface area (Å²) < 4.78 is 0. The molecule has 0 saturated carbocycles. The Labute approximate surface area is 154 Å². The van der Waals surface area contributed by atoms with E-state index in [0.29, 0.717) is 13.1 Å². The number of thiophene rings is 1. The van der Waals surface area contributed by atoms with E-state index >= 15 is 0 Å². The summed E-state index contributed by atoms with van der Waals surface area (Å²) in [4.78, 5) is 37.4. The number of aromatic nitrogens is 2. The van der Waals surface area contributed by atoms with Gasteiger partial charge in [0.15, 0.2) is 0 Å². The largest absolute Gasteiger partial charge is 0.336 e. The van der Waals surface area contributed by atoms with E-state index in [-0.39, 0.29) is 17.2 Å². The fourth-order valence-corrected chi connectivity index (χ4v) is 5.89. The van der Waals surface area contributed by atoms with Crippen molar-refractivity contribution in [2.75, 3.05) is 13.1 Å². The van der Waals surface area contributed by atoms with Crippen molar-refractivity contribution in [1.29, 1.82) is 0 Å². The van der Waals surface area contributed by atoms with Crippen molar-refractivity contribution in [1.82, 2.24) is 20.2 Å². The highest BCUT2D eigenvalue weighted by Gasteiger charge is 2.31. The van der Waals surface area contributed by atoms with Gasteiger partial charge in [0.05, 0.1) is 5.25 Å². The molecule has 1 saturated heterocycles. The second-order valence-electron chi connectivity index (χ2n) is 6.45. The number of carbonyl (C=O) groups is 2. The van der Waals surface area contributed by atoms with Crippen LogP contribution in [0.25, 0.3) is 10.2 Å². The van der Waals surface area contributed by atoms with Crippen LogP contribution in [0.1, 0.15) is 36.0 Å². The fraction of sp³-hybridized carbons (Fsp3) is 0.529. The fourth-order valence-electron chi connectivity index (χ4n) is 3.43. The number of thioether (sulfide) groups is 1. The van der Waals surface area contributed by atoms with Crippen LogP contribution in [0.2, 0.25) is 0 Å². The third kappa shape index (κ3) is 3.01. The number of urea groups is 1. The van der Waals surface area contributed by atoms with Gasteiger partial charge >= 0.3 is 6.03 Å². The highest BCUT2D eigenvalue weighted by atomic mass is 32.2. The van der Waals surface area contributed by atoms with Crippen molar-refractivity contribution in [3.05, 3.63) is 16.3 Å². The Kier molecular flexibility index (Phi) is 4.41. The molecule has 0 bridgehead atoms. The molecule has 0 spiro atoms. The summed E-state index contributed by atoms with van der Waals surface area (Å²) in [5.74, 6) is 0.570. The zero-order chi connectivity index (χ0) is 17.6. The average Bonchev–Trinajstić information content (AvgIpc) is 3.16. The van der Waals surface area contributed by atoms with Crippen LogP contribution in [-0.2, 0) is 17.6 Å². The Balaban J connectivity index is 1.67. The molecular formula is C17H20N4O2S2. The van der Waals surface area contributed by atoms with Crippen molar-refractivity contribution < 1.29 is 9.59 Å². The van der Waals surface area contributed by atoms with E-state index in [0.717, 1.165) is 33.9 Å². The number of amides is 3. The van der Waals surface area contributed by atoms with E-state index < -0.39 is 0 Å². The molecule has 1 aliphatic carbocycles. The summed E-state index contributed by atoms with van der Waals surface area (Å²) in [6.45, 7) is 4.70. The highest BCUT2D eigenvalue weighted by molar-refractivity contribution is 8.00. The van der Waals surface area contributed by atoms with Crippen molar-refractivity contribution >= 4 is 45.3 Å². The molecule has 2 aromatic heterocycles. The Morgan fingerprint density at radius 3 is 2.88 bits per heavy atom. The number of imide groups is 1. The first-order valence-electron chi connectivity index (χ1n) is 8.59. The minimum Gasteiger partial charge on any atom is -0.336 e. The maximum absolute atomic E-state index is 12.6. The summed E-state index contributed by atoms with van der Waals surface area (Å²) in [5, 5.41) is 4.32. The first-order valence-corrected chi connectivity index (χ1v) is 10.3. The molecular weight excluding hydrogens is 356 g/mol. The van der Waals surface area contributed by atoms with E-state index in [4.69, 9.17) is 0 Å². The number of hydrogen-bond donors (Lipinski definition) is 1. The molecule has 1 aliphatic heterocycles. The van der Waals surface area contributed by atoms with Gasteiger partial charge in [-0.3, -0.25) is 9.69 Å². The Hall–Kier alpha value is -1.67. The molecule has 25 heavy (non-hydrogen) atoms. The van der Waals surface area contributed by atoms with Crippen molar-refractivity contribution in [2.45, 2.75) is 49.8 Å². The third-order valence-electron chi connectivity index (χ3n) is 4.65. The van der Waals surface area contributed by atoms with Crippen LogP contribution in [-0.4, -0.2) is 45.1 Å². The Morgan fingerprint density at radius 2 is 2.12 bits per heavy atom. The molecule has 1 fully saturated rings. The van der Waals surface area contributed by atoms with Crippen LogP contribution >= 0.6 is 23.1 Å². The van der Waals surface area contributed by atoms with Gasteiger partial charge < -0.3 is 5.32 Å². The van der Waals surface area contributed by atoms with Gasteiger partial charge in [-0.15, -0.1) is 11.3 Å². The molecule has 0 aromatic carbocycles. The number of aryl methyl sites for hydroxylation is 3. The van der Waals surface area contributed by atoms with Crippen LogP contribution in [0.5, 0.6) is 0 Å². The molecule has 8 heteroatoms. The topological polar surface area (TPSA) is 75.2 Å². The standard InChI is InChI=1S/C17H20N4O2S2/c1-9(16(22)21-8-7-18-17(21)23)24-14-13-11-5-3-4-6-12(11)25-15(13)20-10(2)19-14/h9H,3-8H2,1-2H3,(H,18,23)/t9-/m0/s1. The number of fused-ring (bicyclic) bond motifs is 3. The van der Waals surface area contributed by atoms with Crippen molar-refractivity contribution in [2.24, 2.45) is 0 Å². The highest BCUT2D eigenvalue weighted by Crippen LogP contribution is 2.40. The predicted molar refractivity (Wildman–Crippen MR) is 99.2 cm³/mol. The number of nitrogens with one attached hydrogen (secondary N) is 1. The molecule has 0 unspecified atom stereocenters. The summed E-state index contributed by atoms with van der Waals surface area (Å²) in [6, 6.07) is -0.297. The maximum Gasteiger partial charge on any atom is 0.324 e. The average molecular weight is 377 g/mol. The molecule has 1 N–H and O–H groups in total. The van der Waals surface area contributed by atoms with Crippen molar-refractivity contribution in [3.8, 4) is 0 Å². The zero-order valence-electron chi connectivity index (χ0n) is 14.3. The number of rotatable bonds is 3. The minimum atomic E-state index is -0.361. The molecule has 3 amide bonds. The van der Waals surface area contributed by atoms with E-state index in [1.807, 2.05) is 13.8 Å². The third-order valence-corrected chi connectivity index (χ3v) is 6.91. The second-order valence-corrected chi connectivity index (χ2v) is 8.86. The maximum atomic E-state index is 12.6. The molecule has 0 radical (unpaired) electrons. The van der Waals surface area contributed by atoms with Crippen LogP contribution in [0, 0.1) is 6.92 Å². The van der Waals surface area contributed by atoms with Gasteiger partial charge in [0.25, 0.3) is 0 Å². The smallest absolute Gasteiger partial charge is 0.324 e. The van der Waals surface area contributed by atoms with E-state index in [1.54, 1.807) is 11.3 Å². The van der Waals surface area contributed by atoms with Gasteiger partial charge in [-0.2, -0.15) is 0 Å². The van der Waals surface area contributed by atoms with Crippen LogP contribution in [0.4, 0.5) is 4.79 Å². The summed E-state index contributed by atoms with van der Waals surface area (Å²) in [5.41, 5.74) is 1.37. The second kappa shape index (κ2) is 6.57. The van der Waals surface area contributed by atoms with Gasteiger partial charge in [0.2, 0.25) is 5.91 Å². The molecule has 132 valence electrons. The van der Waals surface area contributed by atoms with Gasteiger partial charge in [0, 0.05) is 23.4 Å². The van der Waals surface area contributed by atoms with Gasteiger partial charge in [-0.25, -0.2) is 14.8 Å². The molecule has 2 aromatic rings. The molecule has 2 aliphatic rings. The summed E-state index contributed by atoms with van der Waals surface area (Å²) in [6.07, 6.45) is 4.60. The lowest BCUT2D eigenvalue weighted by molar-refractivity contribution is -0.126. The first-order chi connectivity index (χ1) is 12.0. The SMILES string of the molecule is Cc1nc(S[C@@H](C)C(=O)N2CCNC2=O)c2c3c(sc2n1)CCCC3. The lowest BCUT2D eigenvalue weighted by atomic mass is 9.97. The van der Waals surface area contributed by atoms with Crippen molar-refractivity contribution in [3.63, 3.8) is 0 Å². The molecule has 3 heterocycles. The lowest BCUT2D eigenvalue weighted by Gasteiger charge is -2.18. The zero-order valence-corrected chi connectivity index (χ0v) is 15.9. The van der Waals surface area contributed by atoms with Crippen LogP contribution in [0.15, 0.2) is 5.03 Å². The first kappa shape index (κ1) is 16.8. The van der Waals surface area contributed by atoms with E-state index in [2.05, 4.69) is 15.3 Å². The monoisotopic (exact) mass is 376 g/mol. The molecule has 1 atom stereocenters. The van der Waals surface area contributed by atoms with Crippen LogP contribution < -0.4 is 5.32 Å². The normalized spacial score (nSPS) is 18.3. The lowest BCUT2D eigenvalue weighted by Crippen LogP contribution is -2.38.